The van der Waals surface area contributed by atoms with Gasteiger partial charge in [-0.3, -0.25) is 4.79 Å². The van der Waals surface area contributed by atoms with E-state index in [2.05, 4.69) is 4.90 Å². The molecule has 0 aromatic heterocycles. The number of amides is 1. The van der Waals surface area contributed by atoms with Crippen LogP contribution in [0, 0.1) is 5.82 Å². The van der Waals surface area contributed by atoms with Crippen LogP contribution in [-0.4, -0.2) is 47.6 Å². The Morgan fingerprint density at radius 1 is 1.19 bits per heavy atom. The van der Waals surface area contributed by atoms with Crippen molar-refractivity contribution in [2.24, 2.45) is 0 Å². The van der Waals surface area contributed by atoms with Gasteiger partial charge >= 0.3 is 0 Å². The summed E-state index contributed by atoms with van der Waals surface area (Å²) in [5.74, 6) is 0.441. The predicted octanol–water partition coefficient (Wildman–Crippen LogP) is 2.89. The van der Waals surface area contributed by atoms with E-state index in [4.69, 9.17) is 0 Å². The van der Waals surface area contributed by atoms with Crippen molar-refractivity contribution < 1.29 is 9.18 Å². The second-order valence-electron chi connectivity index (χ2n) is 5.71. The van der Waals surface area contributed by atoms with Gasteiger partial charge in [-0.25, -0.2) is 4.39 Å². The number of rotatable bonds is 4. The lowest BCUT2D eigenvalue weighted by Crippen LogP contribution is -2.39. The summed E-state index contributed by atoms with van der Waals surface area (Å²) in [7, 11) is 0. The number of likely N-dealkylation sites (tertiary alicyclic amines) is 1. The fraction of sp³-hybridized carbons (Fsp3) is 0.562. The lowest BCUT2D eigenvalue weighted by atomic mass is 10.1. The van der Waals surface area contributed by atoms with Gasteiger partial charge in [0.05, 0.1) is 5.75 Å². The van der Waals surface area contributed by atoms with Crippen molar-refractivity contribution in [1.82, 2.24) is 9.80 Å². The van der Waals surface area contributed by atoms with Crippen LogP contribution in [0.4, 0.5) is 4.39 Å². The van der Waals surface area contributed by atoms with Crippen LogP contribution in [0.1, 0.15) is 30.2 Å². The molecule has 5 heteroatoms. The van der Waals surface area contributed by atoms with Gasteiger partial charge in [0.1, 0.15) is 11.2 Å². The lowest BCUT2D eigenvalue weighted by molar-refractivity contribution is -0.128. The van der Waals surface area contributed by atoms with Crippen molar-refractivity contribution in [2.75, 3.05) is 31.9 Å². The summed E-state index contributed by atoms with van der Waals surface area (Å²) < 4.78 is 13.4. The van der Waals surface area contributed by atoms with E-state index < -0.39 is 0 Å². The third-order valence-electron chi connectivity index (χ3n) is 4.21. The number of piperidine rings is 1. The zero-order valence-corrected chi connectivity index (χ0v) is 12.9. The molecule has 21 heavy (non-hydrogen) atoms. The largest absolute Gasteiger partial charge is 0.325 e. The van der Waals surface area contributed by atoms with Crippen LogP contribution in [0.5, 0.6) is 0 Å². The number of carbonyl (C=O) groups excluding carboxylic acids is 1. The second kappa shape index (κ2) is 6.79. The molecule has 1 aromatic rings. The molecule has 3 rings (SSSR count). The molecule has 2 aliphatic rings. The minimum atomic E-state index is -0.233. The van der Waals surface area contributed by atoms with Crippen molar-refractivity contribution in [3.63, 3.8) is 0 Å². The molecule has 2 fully saturated rings. The molecule has 1 unspecified atom stereocenters. The van der Waals surface area contributed by atoms with E-state index in [1.807, 2.05) is 11.0 Å². The van der Waals surface area contributed by atoms with Crippen LogP contribution < -0.4 is 0 Å². The van der Waals surface area contributed by atoms with Gasteiger partial charge in [-0.2, -0.15) is 0 Å². The average Bonchev–Trinajstić information content (AvgIpc) is 2.87. The van der Waals surface area contributed by atoms with Gasteiger partial charge in [-0.05, 0) is 43.6 Å². The number of halogens is 1. The summed E-state index contributed by atoms with van der Waals surface area (Å²) in [6.07, 6.45) is 3.84. The van der Waals surface area contributed by atoms with Crippen molar-refractivity contribution in [3.8, 4) is 0 Å². The standard InChI is InChI=1S/C16H21FN2OS/c17-14-6-4-5-13(11-14)16-19(15(20)12-21-16)10-9-18-7-2-1-3-8-18/h4-6,11,16H,1-3,7-10,12H2. The highest BCUT2D eigenvalue weighted by atomic mass is 32.2. The van der Waals surface area contributed by atoms with E-state index in [-0.39, 0.29) is 17.1 Å². The first kappa shape index (κ1) is 14.9. The molecule has 0 bridgehead atoms. The van der Waals surface area contributed by atoms with Crippen LogP contribution in [0.2, 0.25) is 0 Å². The molecule has 1 amide bonds. The van der Waals surface area contributed by atoms with Crippen LogP contribution in [0.3, 0.4) is 0 Å². The van der Waals surface area contributed by atoms with Crippen molar-refractivity contribution in [3.05, 3.63) is 35.6 Å². The van der Waals surface area contributed by atoms with E-state index >= 15 is 0 Å². The monoisotopic (exact) mass is 308 g/mol. The molecule has 0 aliphatic carbocycles. The maximum Gasteiger partial charge on any atom is 0.233 e. The molecule has 0 spiro atoms. The quantitative estimate of drug-likeness (QED) is 0.854. The Kier molecular flexibility index (Phi) is 4.80. The number of benzene rings is 1. The molecular formula is C16H21FN2OS. The molecule has 3 nitrogen and oxygen atoms in total. The summed E-state index contributed by atoms with van der Waals surface area (Å²) in [5, 5.41) is -0.0296. The van der Waals surface area contributed by atoms with Gasteiger partial charge < -0.3 is 9.80 Å². The Balaban J connectivity index is 1.65. The van der Waals surface area contributed by atoms with Crippen LogP contribution in [0.15, 0.2) is 24.3 Å². The highest BCUT2D eigenvalue weighted by Gasteiger charge is 2.32. The fourth-order valence-electron chi connectivity index (χ4n) is 3.06. The van der Waals surface area contributed by atoms with E-state index in [1.54, 1.807) is 23.9 Å². The zero-order chi connectivity index (χ0) is 14.7. The summed E-state index contributed by atoms with van der Waals surface area (Å²) in [4.78, 5) is 16.5. The molecule has 0 saturated carbocycles. The summed E-state index contributed by atoms with van der Waals surface area (Å²) in [5.41, 5.74) is 0.893. The first-order valence-electron chi connectivity index (χ1n) is 7.63. The van der Waals surface area contributed by atoms with Gasteiger partial charge in [0, 0.05) is 13.1 Å². The Morgan fingerprint density at radius 3 is 2.76 bits per heavy atom. The van der Waals surface area contributed by atoms with Gasteiger partial charge in [-0.15, -0.1) is 11.8 Å². The van der Waals surface area contributed by atoms with E-state index in [1.165, 1.54) is 25.3 Å². The average molecular weight is 308 g/mol. The minimum Gasteiger partial charge on any atom is -0.325 e. The Labute approximate surface area is 129 Å². The van der Waals surface area contributed by atoms with Gasteiger partial charge in [0.25, 0.3) is 0 Å². The van der Waals surface area contributed by atoms with Crippen LogP contribution in [0.25, 0.3) is 0 Å². The number of hydrogen-bond acceptors (Lipinski definition) is 3. The first-order chi connectivity index (χ1) is 10.2. The SMILES string of the molecule is O=C1CSC(c2cccc(F)c2)N1CCN1CCCCC1. The number of carbonyl (C=O) groups is 1. The zero-order valence-electron chi connectivity index (χ0n) is 12.1. The van der Waals surface area contributed by atoms with E-state index in [0.717, 1.165) is 31.7 Å². The maximum absolute atomic E-state index is 13.4. The molecule has 2 saturated heterocycles. The molecular weight excluding hydrogens is 287 g/mol. The fourth-order valence-corrected chi connectivity index (χ4v) is 4.27. The molecule has 2 heterocycles. The Hall–Kier alpha value is -1.07. The Bertz CT molecular complexity index is 505. The third-order valence-corrected chi connectivity index (χ3v) is 5.46. The molecule has 0 radical (unpaired) electrons. The van der Waals surface area contributed by atoms with E-state index in [0.29, 0.717) is 5.75 Å². The van der Waals surface area contributed by atoms with Gasteiger partial charge in [0.15, 0.2) is 0 Å². The smallest absolute Gasteiger partial charge is 0.233 e. The van der Waals surface area contributed by atoms with Crippen molar-refractivity contribution in [1.29, 1.82) is 0 Å². The highest BCUT2D eigenvalue weighted by Crippen LogP contribution is 2.38. The van der Waals surface area contributed by atoms with Crippen LogP contribution in [-0.2, 0) is 4.79 Å². The third kappa shape index (κ3) is 3.58. The summed E-state index contributed by atoms with van der Waals surface area (Å²) >= 11 is 1.60. The minimum absolute atomic E-state index is 0.0296. The lowest BCUT2D eigenvalue weighted by Gasteiger charge is -2.30. The summed E-state index contributed by atoms with van der Waals surface area (Å²) in [6.45, 7) is 3.95. The second-order valence-corrected chi connectivity index (χ2v) is 6.78. The van der Waals surface area contributed by atoms with Gasteiger partial charge in [-0.1, -0.05) is 18.6 Å². The van der Waals surface area contributed by atoms with Crippen LogP contribution >= 0.6 is 11.8 Å². The molecule has 1 atom stereocenters. The number of thioether (sulfide) groups is 1. The maximum atomic E-state index is 13.4. The molecule has 114 valence electrons. The number of nitrogens with zero attached hydrogens (tertiary/aromatic N) is 2. The normalized spacial score (nSPS) is 23.8. The molecule has 0 N–H and O–H groups in total. The Morgan fingerprint density at radius 2 is 2.00 bits per heavy atom. The molecule has 2 aliphatic heterocycles. The summed E-state index contributed by atoms with van der Waals surface area (Å²) in [6, 6.07) is 6.62. The predicted molar refractivity (Wildman–Crippen MR) is 83.6 cm³/mol. The van der Waals surface area contributed by atoms with E-state index in [9.17, 15) is 9.18 Å². The first-order valence-corrected chi connectivity index (χ1v) is 8.68. The number of hydrogen-bond donors (Lipinski definition) is 0. The van der Waals surface area contributed by atoms with Crippen molar-refractivity contribution in [2.45, 2.75) is 24.6 Å². The highest BCUT2D eigenvalue weighted by molar-refractivity contribution is 8.00. The van der Waals surface area contributed by atoms with Crippen molar-refractivity contribution >= 4 is 17.7 Å². The topological polar surface area (TPSA) is 23.6 Å². The van der Waals surface area contributed by atoms with Gasteiger partial charge in [0.2, 0.25) is 5.91 Å². The molecule has 1 aromatic carbocycles.